The van der Waals surface area contributed by atoms with Crippen molar-refractivity contribution in [1.29, 1.82) is 0 Å². The van der Waals surface area contributed by atoms with Gasteiger partial charge in [-0.15, -0.1) is 0 Å². The molecule has 1 heterocycles. The lowest BCUT2D eigenvalue weighted by Gasteiger charge is -2.10. The highest BCUT2D eigenvalue weighted by molar-refractivity contribution is 5.78. The van der Waals surface area contributed by atoms with E-state index in [0.29, 0.717) is 19.3 Å². The molecule has 0 aromatic rings. The molecule has 0 spiro atoms. The van der Waals surface area contributed by atoms with Crippen LogP contribution in [-0.2, 0) is 9.53 Å². The zero-order chi connectivity index (χ0) is 9.84. The summed E-state index contributed by atoms with van der Waals surface area (Å²) in [5, 5.41) is 18.1. The van der Waals surface area contributed by atoms with E-state index in [9.17, 15) is 9.90 Å². The van der Waals surface area contributed by atoms with Crippen LogP contribution in [0.2, 0.25) is 0 Å². The van der Waals surface area contributed by atoms with E-state index in [2.05, 4.69) is 0 Å². The van der Waals surface area contributed by atoms with Gasteiger partial charge in [-0.2, -0.15) is 0 Å². The molecule has 0 unspecified atom stereocenters. The van der Waals surface area contributed by atoms with Crippen molar-refractivity contribution >= 4 is 5.78 Å². The molecular weight excluding hydrogens is 172 g/mol. The van der Waals surface area contributed by atoms with E-state index in [1.165, 1.54) is 0 Å². The smallest absolute Gasteiger partial charge is 0.135 e. The Labute approximate surface area is 77.5 Å². The summed E-state index contributed by atoms with van der Waals surface area (Å²) in [5.41, 5.74) is 0. The van der Waals surface area contributed by atoms with Crippen molar-refractivity contribution < 1.29 is 19.7 Å². The van der Waals surface area contributed by atoms with E-state index in [0.717, 1.165) is 0 Å². The van der Waals surface area contributed by atoms with Gasteiger partial charge in [0.05, 0.1) is 18.8 Å². The predicted octanol–water partition coefficient (Wildman–Crippen LogP) is -0.134. The second kappa shape index (κ2) is 4.69. The van der Waals surface area contributed by atoms with Gasteiger partial charge >= 0.3 is 0 Å². The van der Waals surface area contributed by atoms with Crippen LogP contribution in [0.25, 0.3) is 0 Å². The van der Waals surface area contributed by atoms with Crippen molar-refractivity contribution in [2.45, 2.75) is 44.5 Å². The maximum atomic E-state index is 11.0. The Morgan fingerprint density at radius 3 is 2.77 bits per heavy atom. The molecule has 1 fully saturated rings. The number of ether oxygens (including phenoxy) is 1. The number of Topliss-reactive ketones (excluding diaryl/α,β-unsaturated/α-hetero) is 1. The molecule has 13 heavy (non-hydrogen) atoms. The Kier molecular flexibility index (Phi) is 3.84. The largest absolute Gasteiger partial charge is 0.394 e. The lowest BCUT2D eigenvalue weighted by molar-refractivity contribution is -0.121. The first kappa shape index (κ1) is 10.6. The molecule has 0 bridgehead atoms. The first-order valence-electron chi connectivity index (χ1n) is 4.63. The summed E-state index contributed by atoms with van der Waals surface area (Å²) in [6.45, 7) is 1.62. The number of aliphatic hydroxyl groups excluding tert-OH is 2. The van der Waals surface area contributed by atoms with Crippen LogP contribution in [0.15, 0.2) is 0 Å². The van der Waals surface area contributed by atoms with Gasteiger partial charge in [0.2, 0.25) is 0 Å². The highest BCUT2D eigenvalue weighted by Gasteiger charge is 2.33. The lowest BCUT2D eigenvalue weighted by atomic mass is 10.1. The van der Waals surface area contributed by atoms with E-state index in [-0.39, 0.29) is 18.5 Å². The van der Waals surface area contributed by atoms with Crippen molar-refractivity contribution in [3.63, 3.8) is 0 Å². The van der Waals surface area contributed by atoms with Crippen molar-refractivity contribution in [2.75, 3.05) is 6.61 Å². The van der Waals surface area contributed by atoms with Crippen LogP contribution in [0.3, 0.4) is 0 Å². The van der Waals surface area contributed by atoms with Crippen molar-refractivity contribution in [2.24, 2.45) is 0 Å². The summed E-state index contributed by atoms with van der Waals surface area (Å²) < 4.78 is 5.27. The van der Waals surface area contributed by atoms with Crippen LogP contribution < -0.4 is 0 Å². The lowest BCUT2D eigenvalue weighted by Crippen LogP contribution is -2.24. The van der Waals surface area contributed by atoms with Crippen LogP contribution in [0.5, 0.6) is 0 Å². The average molecular weight is 188 g/mol. The van der Waals surface area contributed by atoms with Gasteiger partial charge in [-0.1, -0.05) is 6.92 Å². The fourth-order valence-electron chi connectivity index (χ4n) is 1.51. The fraction of sp³-hybridized carbons (Fsp3) is 0.889. The molecule has 0 aromatic heterocycles. The zero-order valence-corrected chi connectivity index (χ0v) is 7.77. The van der Waals surface area contributed by atoms with E-state index in [1.54, 1.807) is 6.92 Å². The molecule has 0 aromatic carbocycles. The standard InChI is InChI=1S/C9H16O4/c1-2-6(11)3-7-4-8(12)9(5-10)13-7/h7-10,12H,2-5H2,1H3/t7-,8+,9-/m1/s1. The molecule has 3 atom stereocenters. The maximum Gasteiger partial charge on any atom is 0.135 e. The molecule has 4 nitrogen and oxygen atoms in total. The topological polar surface area (TPSA) is 66.8 Å². The second-order valence-electron chi connectivity index (χ2n) is 3.38. The first-order valence-corrected chi connectivity index (χ1v) is 4.63. The van der Waals surface area contributed by atoms with E-state index in [4.69, 9.17) is 9.84 Å². The van der Waals surface area contributed by atoms with Gasteiger partial charge < -0.3 is 14.9 Å². The molecule has 0 aliphatic carbocycles. The van der Waals surface area contributed by atoms with Gasteiger partial charge in [0.25, 0.3) is 0 Å². The fourth-order valence-corrected chi connectivity index (χ4v) is 1.51. The third-order valence-corrected chi connectivity index (χ3v) is 2.33. The minimum absolute atomic E-state index is 0.135. The summed E-state index contributed by atoms with van der Waals surface area (Å²) >= 11 is 0. The monoisotopic (exact) mass is 188 g/mol. The number of aliphatic hydroxyl groups is 2. The van der Waals surface area contributed by atoms with E-state index >= 15 is 0 Å². The number of rotatable bonds is 4. The van der Waals surface area contributed by atoms with Crippen molar-refractivity contribution in [3.05, 3.63) is 0 Å². The molecule has 76 valence electrons. The molecule has 0 amide bonds. The summed E-state index contributed by atoms with van der Waals surface area (Å²) in [5.74, 6) is 0.135. The van der Waals surface area contributed by atoms with Gasteiger partial charge in [-0.25, -0.2) is 0 Å². The SMILES string of the molecule is CCC(=O)C[C@@H]1C[C@H](O)[C@@H](CO)O1. The summed E-state index contributed by atoms with van der Waals surface area (Å²) in [6, 6.07) is 0. The second-order valence-corrected chi connectivity index (χ2v) is 3.38. The van der Waals surface area contributed by atoms with Gasteiger partial charge in [-0.3, -0.25) is 4.79 Å². The Balaban J connectivity index is 2.35. The average Bonchev–Trinajstić information content (AvgIpc) is 2.46. The number of hydrogen-bond donors (Lipinski definition) is 2. The molecule has 1 rings (SSSR count). The van der Waals surface area contributed by atoms with Crippen LogP contribution >= 0.6 is 0 Å². The summed E-state index contributed by atoms with van der Waals surface area (Å²) in [4.78, 5) is 11.0. The van der Waals surface area contributed by atoms with Crippen LogP contribution in [0.1, 0.15) is 26.2 Å². The van der Waals surface area contributed by atoms with Gasteiger partial charge in [-0.05, 0) is 0 Å². The van der Waals surface area contributed by atoms with Crippen molar-refractivity contribution in [3.8, 4) is 0 Å². The normalized spacial score (nSPS) is 33.6. The van der Waals surface area contributed by atoms with Crippen LogP contribution in [0, 0.1) is 0 Å². The highest BCUT2D eigenvalue weighted by atomic mass is 16.5. The predicted molar refractivity (Wildman–Crippen MR) is 46.3 cm³/mol. The maximum absolute atomic E-state index is 11.0. The number of hydrogen-bond acceptors (Lipinski definition) is 4. The number of carbonyl (C=O) groups is 1. The number of carbonyl (C=O) groups excluding carboxylic acids is 1. The molecule has 1 aliphatic rings. The van der Waals surface area contributed by atoms with Gasteiger partial charge in [0.1, 0.15) is 11.9 Å². The Bertz CT molecular complexity index is 180. The summed E-state index contributed by atoms with van der Waals surface area (Å²) in [6.07, 6.45) is -0.0326. The Morgan fingerprint density at radius 1 is 1.62 bits per heavy atom. The summed E-state index contributed by atoms with van der Waals surface area (Å²) in [7, 11) is 0. The molecule has 4 heteroatoms. The molecule has 2 N–H and O–H groups in total. The van der Waals surface area contributed by atoms with Gasteiger partial charge in [0, 0.05) is 19.3 Å². The van der Waals surface area contributed by atoms with E-state index < -0.39 is 12.2 Å². The van der Waals surface area contributed by atoms with Gasteiger partial charge in [0.15, 0.2) is 0 Å². The van der Waals surface area contributed by atoms with Crippen LogP contribution in [0.4, 0.5) is 0 Å². The third kappa shape index (κ3) is 2.76. The molecule has 0 radical (unpaired) electrons. The Hall–Kier alpha value is -0.450. The molecule has 1 aliphatic heterocycles. The number of ketones is 1. The zero-order valence-electron chi connectivity index (χ0n) is 7.77. The third-order valence-electron chi connectivity index (χ3n) is 2.33. The minimum atomic E-state index is -0.625. The molecule has 1 saturated heterocycles. The highest BCUT2D eigenvalue weighted by Crippen LogP contribution is 2.22. The minimum Gasteiger partial charge on any atom is -0.394 e. The van der Waals surface area contributed by atoms with Crippen LogP contribution in [-0.4, -0.2) is 40.9 Å². The first-order chi connectivity index (χ1) is 6.17. The molecule has 0 saturated carbocycles. The van der Waals surface area contributed by atoms with E-state index in [1.807, 2.05) is 0 Å². The van der Waals surface area contributed by atoms with Crippen molar-refractivity contribution in [1.82, 2.24) is 0 Å². The Morgan fingerprint density at radius 2 is 2.31 bits per heavy atom. The molecular formula is C9H16O4. The quantitative estimate of drug-likeness (QED) is 0.644.